The third-order valence-electron chi connectivity index (χ3n) is 4.44. The predicted molar refractivity (Wildman–Crippen MR) is 99.4 cm³/mol. The minimum absolute atomic E-state index is 0.0245. The highest BCUT2D eigenvalue weighted by Gasteiger charge is 2.43. The number of nitrogens with zero attached hydrogens (tertiary/aromatic N) is 2. The molecule has 6 heteroatoms. The van der Waals surface area contributed by atoms with Gasteiger partial charge in [0.25, 0.3) is 0 Å². The second-order valence-electron chi connectivity index (χ2n) is 6.36. The molecule has 27 heavy (non-hydrogen) atoms. The number of imide groups is 1. The van der Waals surface area contributed by atoms with Crippen molar-refractivity contribution >= 4 is 17.9 Å². The van der Waals surface area contributed by atoms with Crippen LogP contribution in [0.2, 0.25) is 0 Å². The third-order valence-corrected chi connectivity index (χ3v) is 4.44. The average Bonchev–Trinajstić information content (AvgIpc) is 2.69. The zero-order valence-electron chi connectivity index (χ0n) is 15.2. The van der Waals surface area contributed by atoms with Gasteiger partial charge in [-0.25, -0.2) is 4.79 Å². The standard InChI is InChI=1S/C21H22N2O4/c1-2-27-20(25)18-15-22(13-16-9-5-3-6-10-16)21(26)23(19(18)24)14-17-11-7-4-8-12-17/h3-12,18H,2,13-15H2,1H3. The highest BCUT2D eigenvalue weighted by atomic mass is 16.5. The van der Waals surface area contributed by atoms with Crippen molar-refractivity contribution in [1.82, 2.24) is 9.80 Å². The number of esters is 1. The molecule has 0 aromatic heterocycles. The molecule has 0 bridgehead atoms. The number of benzene rings is 2. The van der Waals surface area contributed by atoms with Gasteiger partial charge in [-0.3, -0.25) is 14.5 Å². The van der Waals surface area contributed by atoms with Crippen LogP contribution in [0.15, 0.2) is 60.7 Å². The Morgan fingerprint density at radius 2 is 1.52 bits per heavy atom. The Balaban J connectivity index is 1.86. The van der Waals surface area contributed by atoms with Crippen LogP contribution in [-0.2, 0) is 27.4 Å². The molecule has 1 saturated heterocycles. The molecule has 1 unspecified atom stereocenters. The van der Waals surface area contributed by atoms with Crippen LogP contribution < -0.4 is 0 Å². The lowest BCUT2D eigenvalue weighted by atomic mass is 10.0. The Morgan fingerprint density at radius 1 is 0.963 bits per heavy atom. The Labute approximate surface area is 158 Å². The molecule has 0 N–H and O–H groups in total. The maximum Gasteiger partial charge on any atom is 0.327 e. The van der Waals surface area contributed by atoms with Gasteiger partial charge in [0.2, 0.25) is 5.91 Å². The van der Waals surface area contributed by atoms with Gasteiger partial charge < -0.3 is 9.64 Å². The molecule has 0 saturated carbocycles. The zero-order chi connectivity index (χ0) is 19.2. The van der Waals surface area contributed by atoms with Gasteiger partial charge in [-0.1, -0.05) is 60.7 Å². The molecular weight excluding hydrogens is 344 g/mol. The Bertz CT molecular complexity index is 807. The molecule has 1 atom stereocenters. The van der Waals surface area contributed by atoms with Gasteiger partial charge in [0, 0.05) is 13.1 Å². The van der Waals surface area contributed by atoms with Crippen molar-refractivity contribution in [2.45, 2.75) is 20.0 Å². The van der Waals surface area contributed by atoms with E-state index in [4.69, 9.17) is 4.74 Å². The summed E-state index contributed by atoms with van der Waals surface area (Å²) in [5.41, 5.74) is 1.76. The van der Waals surface area contributed by atoms with Gasteiger partial charge in [-0.2, -0.15) is 0 Å². The molecule has 1 aliphatic heterocycles. The van der Waals surface area contributed by atoms with Crippen molar-refractivity contribution in [3.63, 3.8) is 0 Å². The first-order valence-electron chi connectivity index (χ1n) is 8.95. The van der Waals surface area contributed by atoms with Crippen molar-refractivity contribution in [3.8, 4) is 0 Å². The summed E-state index contributed by atoms with van der Waals surface area (Å²) in [6.45, 7) is 2.36. The first-order chi connectivity index (χ1) is 13.1. The summed E-state index contributed by atoms with van der Waals surface area (Å²) in [7, 11) is 0. The van der Waals surface area contributed by atoms with Gasteiger partial charge in [-0.15, -0.1) is 0 Å². The van der Waals surface area contributed by atoms with Crippen LogP contribution in [0.1, 0.15) is 18.1 Å². The predicted octanol–water partition coefficient (Wildman–Crippen LogP) is 2.83. The summed E-state index contributed by atoms with van der Waals surface area (Å²) >= 11 is 0. The largest absolute Gasteiger partial charge is 0.465 e. The van der Waals surface area contributed by atoms with E-state index < -0.39 is 23.8 Å². The van der Waals surface area contributed by atoms with Crippen LogP contribution >= 0.6 is 0 Å². The van der Waals surface area contributed by atoms with Crippen molar-refractivity contribution < 1.29 is 19.1 Å². The van der Waals surface area contributed by atoms with E-state index >= 15 is 0 Å². The fourth-order valence-electron chi connectivity index (χ4n) is 3.10. The van der Waals surface area contributed by atoms with E-state index in [1.54, 1.807) is 6.92 Å². The van der Waals surface area contributed by atoms with Crippen molar-refractivity contribution in [2.75, 3.05) is 13.2 Å². The van der Waals surface area contributed by atoms with E-state index in [1.807, 2.05) is 60.7 Å². The molecule has 6 nitrogen and oxygen atoms in total. The average molecular weight is 366 g/mol. The molecular formula is C21H22N2O4. The molecule has 1 fully saturated rings. The van der Waals surface area contributed by atoms with Gasteiger partial charge in [0.1, 0.15) is 0 Å². The first kappa shape index (κ1) is 18.6. The van der Waals surface area contributed by atoms with E-state index in [0.29, 0.717) is 6.54 Å². The van der Waals surface area contributed by atoms with E-state index in [0.717, 1.165) is 16.0 Å². The van der Waals surface area contributed by atoms with Crippen LogP contribution in [0.5, 0.6) is 0 Å². The summed E-state index contributed by atoms with van der Waals surface area (Å²) in [6, 6.07) is 18.3. The summed E-state index contributed by atoms with van der Waals surface area (Å²) < 4.78 is 5.06. The van der Waals surface area contributed by atoms with Crippen molar-refractivity contribution in [1.29, 1.82) is 0 Å². The zero-order valence-corrected chi connectivity index (χ0v) is 15.2. The number of hydrogen-bond donors (Lipinski definition) is 0. The Kier molecular flexibility index (Phi) is 5.86. The summed E-state index contributed by atoms with van der Waals surface area (Å²) in [4.78, 5) is 40.8. The van der Waals surface area contributed by atoms with Crippen LogP contribution in [0.3, 0.4) is 0 Å². The lowest BCUT2D eigenvalue weighted by molar-refractivity contribution is -0.157. The quantitative estimate of drug-likeness (QED) is 0.582. The molecule has 1 heterocycles. The monoisotopic (exact) mass is 366 g/mol. The fourth-order valence-corrected chi connectivity index (χ4v) is 3.10. The molecule has 0 spiro atoms. The number of urea groups is 1. The van der Waals surface area contributed by atoms with Crippen molar-refractivity contribution in [3.05, 3.63) is 71.8 Å². The SMILES string of the molecule is CCOC(=O)C1CN(Cc2ccccc2)C(=O)N(Cc2ccccc2)C1=O. The summed E-state index contributed by atoms with van der Waals surface area (Å²) in [5.74, 6) is -2.10. The third kappa shape index (κ3) is 4.34. The van der Waals surface area contributed by atoms with E-state index in [1.165, 1.54) is 4.90 Å². The molecule has 2 aromatic rings. The van der Waals surface area contributed by atoms with Gasteiger partial charge in [-0.05, 0) is 18.1 Å². The molecule has 0 aliphatic carbocycles. The number of carbonyl (C=O) groups excluding carboxylic acids is 3. The van der Waals surface area contributed by atoms with Crippen LogP contribution in [0, 0.1) is 5.92 Å². The summed E-state index contributed by atoms with van der Waals surface area (Å²) in [6.07, 6.45) is 0. The van der Waals surface area contributed by atoms with Gasteiger partial charge in [0.15, 0.2) is 5.92 Å². The second kappa shape index (κ2) is 8.49. The van der Waals surface area contributed by atoms with E-state index in [2.05, 4.69) is 0 Å². The number of rotatable bonds is 6. The molecule has 0 radical (unpaired) electrons. The van der Waals surface area contributed by atoms with Gasteiger partial charge in [0.05, 0.1) is 13.2 Å². The fraction of sp³-hybridized carbons (Fsp3) is 0.286. The van der Waals surface area contributed by atoms with Gasteiger partial charge >= 0.3 is 12.0 Å². The topological polar surface area (TPSA) is 66.9 Å². The lowest BCUT2D eigenvalue weighted by Gasteiger charge is -2.37. The minimum atomic E-state index is -1.00. The molecule has 1 aliphatic rings. The maximum absolute atomic E-state index is 12.9. The van der Waals surface area contributed by atoms with Crippen LogP contribution in [0.4, 0.5) is 4.79 Å². The highest BCUT2D eigenvalue weighted by molar-refractivity contribution is 6.07. The highest BCUT2D eigenvalue weighted by Crippen LogP contribution is 2.22. The molecule has 140 valence electrons. The summed E-state index contributed by atoms with van der Waals surface area (Å²) in [5, 5.41) is 0. The molecule has 2 aromatic carbocycles. The van der Waals surface area contributed by atoms with E-state index in [9.17, 15) is 14.4 Å². The number of amides is 3. The Hall–Kier alpha value is -3.15. The van der Waals surface area contributed by atoms with Crippen LogP contribution in [-0.4, -0.2) is 40.9 Å². The lowest BCUT2D eigenvalue weighted by Crippen LogP contribution is -2.58. The number of ether oxygens (including phenoxy) is 1. The van der Waals surface area contributed by atoms with Crippen molar-refractivity contribution in [2.24, 2.45) is 5.92 Å². The minimum Gasteiger partial charge on any atom is -0.465 e. The maximum atomic E-state index is 12.9. The first-order valence-corrected chi connectivity index (χ1v) is 8.95. The second-order valence-corrected chi connectivity index (χ2v) is 6.36. The number of carbonyl (C=O) groups is 3. The number of hydrogen-bond acceptors (Lipinski definition) is 4. The molecule has 3 rings (SSSR count). The normalized spacial score (nSPS) is 17.1. The van der Waals surface area contributed by atoms with Crippen LogP contribution in [0.25, 0.3) is 0 Å². The van der Waals surface area contributed by atoms with E-state index in [-0.39, 0.29) is 19.7 Å². The smallest absolute Gasteiger partial charge is 0.327 e. The Morgan fingerprint density at radius 3 is 2.07 bits per heavy atom. The molecule has 3 amide bonds.